The van der Waals surface area contributed by atoms with Crippen LogP contribution in [-0.4, -0.2) is 48.5 Å². The fraction of sp³-hybridized carbons (Fsp3) is 0.259. The number of nitrogens with zero attached hydrogens (tertiary/aromatic N) is 5. The number of piperidine rings is 1. The van der Waals surface area contributed by atoms with Gasteiger partial charge in [0, 0.05) is 29.1 Å². The molecule has 0 radical (unpaired) electrons. The van der Waals surface area contributed by atoms with Crippen LogP contribution in [0.25, 0.3) is 22.3 Å². The highest BCUT2D eigenvalue weighted by atomic mass is 79.9. The van der Waals surface area contributed by atoms with Crippen LogP contribution in [0.4, 0.5) is 5.82 Å². The van der Waals surface area contributed by atoms with Gasteiger partial charge in [0.25, 0.3) is 0 Å². The van der Waals surface area contributed by atoms with Gasteiger partial charge in [-0.25, -0.2) is 14.6 Å². The van der Waals surface area contributed by atoms with E-state index in [-0.39, 0.29) is 16.8 Å². The zero-order chi connectivity index (χ0) is 25.2. The minimum Gasteiger partial charge on any atom is -0.457 e. The number of nitrogen functional groups attached to an aromatic ring is 1. The van der Waals surface area contributed by atoms with Gasteiger partial charge in [0.05, 0.1) is 11.4 Å². The van der Waals surface area contributed by atoms with Crippen molar-refractivity contribution in [1.82, 2.24) is 24.6 Å². The molecule has 2 aromatic heterocycles. The lowest BCUT2D eigenvalue weighted by molar-refractivity contribution is -0.128. The fourth-order valence-electron chi connectivity index (χ4n) is 4.47. The predicted molar refractivity (Wildman–Crippen MR) is 144 cm³/mol. The molecule has 1 aliphatic heterocycles. The third kappa shape index (κ3) is 4.70. The molecule has 2 aromatic carbocycles. The van der Waals surface area contributed by atoms with Crippen LogP contribution in [0.5, 0.6) is 11.5 Å². The summed E-state index contributed by atoms with van der Waals surface area (Å²) in [6.45, 7) is 7.09. The molecule has 0 spiro atoms. The van der Waals surface area contributed by atoms with Crippen molar-refractivity contribution in [3.05, 3.63) is 73.1 Å². The topological polar surface area (TPSA) is 99.2 Å². The number of ether oxygens (including phenoxy) is 1. The zero-order valence-electron chi connectivity index (χ0n) is 20.0. The van der Waals surface area contributed by atoms with Crippen LogP contribution in [-0.2, 0) is 4.79 Å². The highest BCUT2D eigenvalue weighted by molar-refractivity contribution is 9.09. The van der Waals surface area contributed by atoms with Crippen molar-refractivity contribution in [1.29, 1.82) is 0 Å². The molecule has 8 nitrogen and oxygen atoms in total. The summed E-state index contributed by atoms with van der Waals surface area (Å²) in [7, 11) is 0. The van der Waals surface area contributed by atoms with E-state index in [9.17, 15) is 4.79 Å². The maximum atomic E-state index is 12.9. The quantitative estimate of drug-likeness (QED) is 0.257. The number of fused-ring (bicyclic) bond motifs is 1. The molecule has 36 heavy (non-hydrogen) atoms. The van der Waals surface area contributed by atoms with Gasteiger partial charge in [-0.1, -0.05) is 40.7 Å². The second kappa shape index (κ2) is 10.1. The molecular weight excluding hydrogens is 520 g/mol. The Labute approximate surface area is 217 Å². The lowest BCUT2D eigenvalue weighted by atomic mass is 10.0. The molecule has 2 atom stereocenters. The summed E-state index contributed by atoms with van der Waals surface area (Å²) in [6.07, 6.45) is 3.20. The predicted octanol–water partition coefficient (Wildman–Crippen LogP) is 5.37. The third-order valence-corrected chi connectivity index (χ3v) is 6.96. The molecule has 1 aliphatic rings. The number of aromatic nitrogens is 4. The zero-order valence-corrected chi connectivity index (χ0v) is 21.6. The highest BCUT2D eigenvalue weighted by Crippen LogP contribution is 2.35. The second-order valence-corrected chi connectivity index (χ2v) is 10.3. The van der Waals surface area contributed by atoms with E-state index in [1.165, 1.54) is 6.33 Å². The average molecular weight is 547 g/mol. The van der Waals surface area contributed by atoms with Crippen LogP contribution < -0.4 is 10.5 Å². The van der Waals surface area contributed by atoms with E-state index in [0.29, 0.717) is 41.2 Å². The highest BCUT2D eigenvalue weighted by Gasteiger charge is 2.30. The Balaban J connectivity index is 1.47. The van der Waals surface area contributed by atoms with Gasteiger partial charge in [-0.3, -0.25) is 4.79 Å². The van der Waals surface area contributed by atoms with Gasteiger partial charge < -0.3 is 15.4 Å². The molecule has 1 unspecified atom stereocenters. The molecule has 4 aromatic rings. The summed E-state index contributed by atoms with van der Waals surface area (Å²) in [4.78, 5) is 23.4. The van der Waals surface area contributed by atoms with Crippen molar-refractivity contribution in [2.75, 3.05) is 18.8 Å². The number of rotatable bonds is 6. The second-order valence-electron chi connectivity index (χ2n) is 8.88. The Morgan fingerprint density at radius 1 is 1.14 bits per heavy atom. The first kappa shape index (κ1) is 24.0. The first-order valence-corrected chi connectivity index (χ1v) is 12.8. The number of carbonyl (C=O) groups is 1. The van der Waals surface area contributed by atoms with Gasteiger partial charge in [0.15, 0.2) is 5.65 Å². The lowest BCUT2D eigenvalue weighted by Crippen LogP contribution is -2.42. The molecule has 0 aliphatic carbocycles. The van der Waals surface area contributed by atoms with Gasteiger partial charge in [-0.15, -0.1) is 0 Å². The van der Waals surface area contributed by atoms with Crippen molar-refractivity contribution in [3.8, 4) is 22.8 Å². The van der Waals surface area contributed by atoms with Crippen LogP contribution >= 0.6 is 15.9 Å². The summed E-state index contributed by atoms with van der Waals surface area (Å²) in [6, 6.07) is 17.3. The van der Waals surface area contributed by atoms with Gasteiger partial charge >= 0.3 is 0 Å². The molecular formula is C27H27BrN6O2. The summed E-state index contributed by atoms with van der Waals surface area (Å²) >= 11 is 3.46. The van der Waals surface area contributed by atoms with E-state index in [1.54, 1.807) is 0 Å². The largest absolute Gasteiger partial charge is 0.457 e. The first-order valence-electron chi connectivity index (χ1n) is 11.9. The molecule has 1 fully saturated rings. The van der Waals surface area contributed by atoms with Crippen LogP contribution in [0.15, 0.2) is 73.1 Å². The fourth-order valence-corrected chi connectivity index (χ4v) is 4.67. The van der Waals surface area contributed by atoms with Gasteiger partial charge in [0.2, 0.25) is 5.91 Å². The molecule has 2 N–H and O–H groups in total. The summed E-state index contributed by atoms with van der Waals surface area (Å²) in [5, 5.41) is 5.66. The van der Waals surface area contributed by atoms with Gasteiger partial charge in [-0.05, 0) is 56.2 Å². The lowest BCUT2D eigenvalue weighted by Gasteiger charge is -2.33. The first-order chi connectivity index (χ1) is 17.4. The van der Waals surface area contributed by atoms with Crippen LogP contribution in [0.2, 0.25) is 0 Å². The van der Waals surface area contributed by atoms with Crippen LogP contribution in [0, 0.1) is 0 Å². The normalized spacial score (nSPS) is 16.6. The van der Waals surface area contributed by atoms with Gasteiger partial charge in [-0.2, -0.15) is 5.10 Å². The Hall–Kier alpha value is -3.72. The van der Waals surface area contributed by atoms with Crippen LogP contribution in [0.3, 0.4) is 0 Å². The molecule has 0 saturated carbocycles. The number of hydrogen-bond acceptors (Lipinski definition) is 6. The number of anilines is 1. The smallest absolute Gasteiger partial charge is 0.250 e. The Morgan fingerprint density at radius 3 is 2.58 bits per heavy atom. The number of para-hydroxylation sites is 1. The van der Waals surface area contributed by atoms with Gasteiger partial charge in [0.1, 0.15) is 29.3 Å². The van der Waals surface area contributed by atoms with E-state index >= 15 is 0 Å². The minimum atomic E-state index is -0.0797. The number of hydrogen-bond donors (Lipinski definition) is 1. The number of alkyl halides is 1. The van der Waals surface area contributed by atoms with Crippen molar-refractivity contribution in [2.45, 2.75) is 30.6 Å². The molecule has 1 amide bonds. The van der Waals surface area contributed by atoms with E-state index in [4.69, 9.17) is 15.6 Å². The maximum Gasteiger partial charge on any atom is 0.250 e. The summed E-state index contributed by atoms with van der Waals surface area (Å²) in [5.41, 5.74) is 9.10. The number of nitrogens with two attached hydrogens (primary N) is 1. The molecule has 5 rings (SSSR count). The average Bonchev–Trinajstić information content (AvgIpc) is 3.30. The standard InChI is InChI=1S/C27H27BrN6O2/c1-17(18(2)28)27(35)33-14-6-7-20(15-33)34-26-23(25(29)30-16-31-26)24(32-34)19-10-12-22(13-11-19)36-21-8-4-3-5-9-21/h3-5,8-13,16,18,20H,1,6-7,14-15H2,2H3,(H2,29,30,31)/t18?,20-/m1/s1. The van der Waals surface area contributed by atoms with Crippen molar-refractivity contribution in [3.63, 3.8) is 0 Å². The van der Waals surface area contributed by atoms with Crippen molar-refractivity contribution < 1.29 is 9.53 Å². The van der Waals surface area contributed by atoms with E-state index in [1.807, 2.05) is 71.1 Å². The monoisotopic (exact) mass is 546 g/mol. The molecule has 184 valence electrons. The van der Waals surface area contributed by atoms with E-state index in [2.05, 4.69) is 32.5 Å². The SMILES string of the molecule is C=C(C(=O)N1CCC[C@@H](n2nc(-c3ccc(Oc4ccccc4)cc3)c3c(N)ncnc32)C1)C(C)Br. The molecule has 0 bridgehead atoms. The number of halogens is 1. The third-order valence-electron chi connectivity index (χ3n) is 6.41. The Morgan fingerprint density at radius 2 is 1.86 bits per heavy atom. The molecule has 9 heteroatoms. The number of amides is 1. The summed E-state index contributed by atoms with van der Waals surface area (Å²) in [5.74, 6) is 1.83. The maximum absolute atomic E-state index is 12.9. The minimum absolute atomic E-state index is 0.0348. The van der Waals surface area contributed by atoms with E-state index < -0.39 is 0 Å². The number of likely N-dealkylation sites (tertiary alicyclic amines) is 1. The van der Waals surface area contributed by atoms with Crippen molar-refractivity contribution >= 4 is 38.7 Å². The summed E-state index contributed by atoms with van der Waals surface area (Å²) < 4.78 is 7.83. The number of benzene rings is 2. The van der Waals surface area contributed by atoms with Crippen LogP contribution in [0.1, 0.15) is 25.8 Å². The number of carbonyl (C=O) groups excluding carboxylic acids is 1. The molecule has 3 heterocycles. The van der Waals surface area contributed by atoms with E-state index in [0.717, 1.165) is 29.9 Å². The molecule has 1 saturated heterocycles. The Kier molecular flexibility index (Phi) is 6.73. The Bertz CT molecular complexity index is 1400. The van der Waals surface area contributed by atoms with Crippen molar-refractivity contribution in [2.24, 2.45) is 0 Å².